The van der Waals surface area contributed by atoms with Crippen LogP contribution < -0.4 is 5.73 Å². The highest BCUT2D eigenvalue weighted by Crippen LogP contribution is 2.37. The number of aliphatic hydroxyl groups excluding tert-OH is 1. The first-order chi connectivity index (χ1) is 9.54. The molecule has 0 aliphatic heterocycles. The third kappa shape index (κ3) is 3.35. The van der Waals surface area contributed by atoms with Gasteiger partial charge in [0.1, 0.15) is 0 Å². The molecule has 2 aromatic rings. The molecular weight excluding hydrogens is 361 g/mol. The smallest absolute Gasteiger partial charge is 0.0882 e. The zero-order valence-electron chi connectivity index (χ0n) is 10.6. The van der Waals surface area contributed by atoms with E-state index in [4.69, 9.17) is 28.9 Å². The van der Waals surface area contributed by atoms with Crippen LogP contribution in [-0.4, -0.2) is 11.7 Å². The molecule has 0 aliphatic carbocycles. The maximum absolute atomic E-state index is 10.6. The van der Waals surface area contributed by atoms with Crippen LogP contribution >= 0.6 is 39.1 Å². The largest absolute Gasteiger partial charge is 0.388 e. The highest BCUT2D eigenvalue weighted by Gasteiger charge is 2.24. The van der Waals surface area contributed by atoms with E-state index < -0.39 is 6.10 Å². The first-order valence-electron chi connectivity index (χ1n) is 6.12. The quantitative estimate of drug-likeness (QED) is 0.825. The summed E-state index contributed by atoms with van der Waals surface area (Å²) in [6, 6.07) is 12.7. The summed E-state index contributed by atoms with van der Waals surface area (Å²) in [6.07, 6.45) is -0.758. The van der Waals surface area contributed by atoms with Gasteiger partial charge in [0, 0.05) is 27.0 Å². The molecule has 0 fully saturated rings. The summed E-state index contributed by atoms with van der Waals surface area (Å²) in [4.78, 5) is 0. The van der Waals surface area contributed by atoms with E-state index in [1.807, 2.05) is 18.2 Å². The zero-order valence-corrected chi connectivity index (χ0v) is 13.7. The second-order valence-electron chi connectivity index (χ2n) is 4.47. The van der Waals surface area contributed by atoms with Crippen LogP contribution in [-0.2, 0) is 0 Å². The average molecular weight is 375 g/mol. The van der Waals surface area contributed by atoms with Crippen molar-refractivity contribution in [3.05, 3.63) is 68.1 Å². The number of hydrogen-bond donors (Lipinski definition) is 2. The van der Waals surface area contributed by atoms with Gasteiger partial charge in [-0.3, -0.25) is 0 Å². The molecule has 20 heavy (non-hydrogen) atoms. The first kappa shape index (κ1) is 15.8. The van der Waals surface area contributed by atoms with E-state index in [0.717, 1.165) is 15.6 Å². The number of hydrogen-bond acceptors (Lipinski definition) is 2. The normalized spacial score (nSPS) is 14.1. The van der Waals surface area contributed by atoms with Crippen molar-refractivity contribution >= 4 is 39.1 Å². The van der Waals surface area contributed by atoms with Crippen LogP contribution in [0.4, 0.5) is 0 Å². The fraction of sp³-hybridized carbons (Fsp3) is 0.200. The van der Waals surface area contributed by atoms with Crippen molar-refractivity contribution in [3.8, 4) is 0 Å². The minimum atomic E-state index is -0.758. The third-order valence-electron chi connectivity index (χ3n) is 3.22. The van der Waals surface area contributed by atoms with Crippen molar-refractivity contribution < 1.29 is 5.11 Å². The molecule has 0 spiro atoms. The molecule has 5 heteroatoms. The maximum Gasteiger partial charge on any atom is 0.0882 e. The minimum Gasteiger partial charge on any atom is -0.388 e. The van der Waals surface area contributed by atoms with Gasteiger partial charge in [0.2, 0.25) is 0 Å². The molecule has 106 valence electrons. The van der Waals surface area contributed by atoms with Crippen LogP contribution in [0.25, 0.3) is 0 Å². The molecule has 2 aromatic carbocycles. The molecule has 2 nitrogen and oxygen atoms in total. The van der Waals surface area contributed by atoms with Crippen LogP contribution in [0.1, 0.15) is 23.1 Å². The molecule has 0 amide bonds. The Morgan fingerprint density at radius 1 is 1.10 bits per heavy atom. The summed E-state index contributed by atoms with van der Waals surface area (Å²) in [6.45, 7) is 0.292. The van der Waals surface area contributed by atoms with E-state index in [9.17, 15) is 5.11 Å². The van der Waals surface area contributed by atoms with Crippen molar-refractivity contribution in [3.63, 3.8) is 0 Å². The van der Waals surface area contributed by atoms with Gasteiger partial charge < -0.3 is 10.8 Å². The van der Waals surface area contributed by atoms with Crippen LogP contribution in [0.3, 0.4) is 0 Å². The molecular formula is C15H14BrCl2NO. The van der Waals surface area contributed by atoms with Crippen LogP contribution in [0.15, 0.2) is 46.9 Å². The zero-order chi connectivity index (χ0) is 14.7. The Hall–Kier alpha value is -0.580. The third-order valence-corrected chi connectivity index (χ3v) is 4.49. The summed E-state index contributed by atoms with van der Waals surface area (Å²) in [5.41, 5.74) is 7.41. The maximum atomic E-state index is 10.6. The van der Waals surface area contributed by atoms with Gasteiger partial charge in [0.25, 0.3) is 0 Å². The fourth-order valence-electron chi connectivity index (χ4n) is 2.16. The van der Waals surface area contributed by atoms with Crippen molar-refractivity contribution in [2.24, 2.45) is 5.73 Å². The molecule has 3 N–H and O–H groups in total. The van der Waals surface area contributed by atoms with E-state index in [1.165, 1.54) is 0 Å². The Morgan fingerprint density at radius 3 is 2.40 bits per heavy atom. The van der Waals surface area contributed by atoms with E-state index in [1.54, 1.807) is 24.3 Å². The number of halogens is 3. The molecule has 0 heterocycles. The molecule has 2 atom stereocenters. The van der Waals surface area contributed by atoms with Gasteiger partial charge in [-0.15, -0.1) is 0 Å². The van der Waals surface area contributed by atoms with Gasteiger partial charge in [-0.1, -0.05) is 63.4 Å². The number of aliphatic hydroxyl groups is 1. The summed E-state index contributed by atoms with van der Waals surface area (Å²) in [5.74, 6) is -0.277. The van der Waals surface area contributed by atoms with Crippen molar-refractivity contribution in [1.29, 1.82) is 0 Å². The Balaban J connectivity index is 2.39. The summed E-state index contributed by atoms with van der Waals surface area (Å²) >= 11 is 15.5. The molecule has 2 rings (SSSR count). The number of rotatable bonds is 4. The Kier molecular flexibility index (Phi) is 5.47. The Bertz CT molecular complexity index is 606. The van der Waals surface area contributed by atoms with Crippen molar-refractivity contribution in [1.82, 2.24) is 0 Å². The second-order valence-corrected chi connectivity index (χ2v) is 6.17. The number of nitrogens with two attached hydrogens (primary N) is 1. The van der Waals surface area contributed by atoms with Gasteiger partial charge in [0.05, 0.1) is 6.10 Å². The van der Waals surface area contributed by atoms with E-state index in [2.05, 4.69) is 15.9 Å². The lowest BCUT2D eigenvalue weighted by Gasteiger charge is -2.24. The lowest BCUT2D eigenvalue weighted by molar-refractivity contribution is 0.147. The van der Waals surface area contributed by atoms with Gasteiger partial charge in [-0.05, 0) is 29.3 Å². The monoisotopic (exact) mass is 373 g/mol. The molecule has 0 bridgehead atoms. The minimum absolute atomic E-state index is 0.277. The van der Waals surface area contributed by atoms with Gasteiger partial charge >= 0.3 is 0 Å². The summed E-state index contributed by atoms with van der Waals surface area (Å²) in [5, 5.41) is 11.8. The van der Waals surface area contributed by atoms with Crippen LogP contribution in [0.5, 0.6) is 0 Å². The van der Waals surface area contributed by atoms with Gasteiger partial charge in [-0.25, -0.2) is 0 Å². The van der Waals surface area contributed by atoms with Crippen LogP contribution in [0, 0.1) is 0 Å². The molecule has 0 aliphatic rings. The summed E-state index contributed by atoms with van der Waals surface area (Å²) in [7, 11) is 0. The van der Waals surface area contributed by atoms with Gasteiger partial charge in [-0.2, -0.15) is 0 Å². The van der Waals surface area contributed by atoms with Crippen molar-refractivity contribution in [2.75, 3.05) is 6.54 Å². The molecule has 0 saturated carbocycles. The molecule has 0 aromatic heterocycles. The molecule has 0 saturated heterocycles. The number of benzene rings is 2. The van der Waals surface area contributed by atoms with E-state index >= 15 is 0 Å². The SMILES string of the molecule is NCC(c1ccccc1Cl)C(O)c1ccc(Cl)cc1Br. The Labute approximate surface area is 136 Å². The highest BCUT2D eigenvalue weighted by atomic mass is 79.9. The topological polar surface area (TPSA) is 46.2 Å². The predicted molar refractivity (Wildman–Crippen MR) is 87.4 cm³/mol. The fourth-order valence-corrected chi connectivity index (χ4v) is 3.35. The second kappa shape index (κ2) is 6.92. The van der Waals surface area contributed by atoms with Crippen molar-refractivity contribution in [2.45, 2.75) is 12.0 Å². The Morgan fingerprint density at radius 2 is 1.80 bits per heavy atom. The predicted octanol–water partition coefficient (Wildman–Crippen LogP) is 4.53. The highest BCUT2D eigenvalue weighted by molar-refractivity contribution is 9.10. The summed E-state index contributed by atoms with van der Waals surface area (Å²) < 4.78 is 0.753. The average Bonchev–Trinajstić information content (AvgIpc) is 2.41. The lowest BCUT2D eigenvalue weighted by atomic mass is 9.89. The van der Waals surface area contributed by atoms with Gasteiger partial charge in [0.15, 0.2) is 0 Å². The van der Waals surface area contributed by atoms with E-state index in [-0.39, 0.29) is 5.92 Å². The van der Waals surface area contributed by atoms with E-state index in [0.29, 0.717) is 16.6 Å². The lowest BCUT2D eigenvalue weighted by Crippen LogP contribution is -2.20. The molecule has 2 unspecified atom stereocenters. The standard InChI is InChI=1S/C15H14BrCl2NO/c16-13-7-9(17)5-6-11(13)15(20)12(8-19)10-3-1-2-4-14(10)18/h1-7,12,15,20H,8,19H2. The first-order valence-corrected chi connectivity index (χ1v) is 7.67. The van der Waals surface area contributed by atoms with Crippen LogP contribution in [0.2, 0.25) is 10.0 Å². The molecule has 0 radical (unpaired) electrons.